The molecule has 1 N–H and O–H groups in total. The fourth-order valence-corrected chi connectivity index (χ4v) is 2.47. The highest BCUT2D eigenvalue weighted by atomic mass is 35.5. The van der Waals surface area contributed by atoms with Gasteiger partial charge < -0.3 is 19.5 Å². The number of carbonyl (C=O) groups is 1. The zero-order valence-corrected chi connectivity index (χ0v) is 15.8. The third-order valence-electron chi connectivity index (χ3n) is 3.40. The van der Waals surface area contributed by atoms with Gasteiger partial charge in [0.15, 0.2) is 11.5 Å². The van der Waals surface area contributed by atoms with Crippen LogP contribution in [0, 0.1) is 5.92 Å². The molecule has 27 heavy (non-hydrogen) atoms. The molecule has 0 radical (unpaired) electrons. The maximum atomic E-state index is 12.5. The first kappa shape index (κ1) is 20.8. The molecule has 0 aliphatic heterocycles. The Bertz CT molecular complexity index is 799. The lowest BCUT2D eigenvalue weighted by atomic mass is 10.1. The molecule has 0 unspecified atom stereocenters. The highest BCUT2D eigenvalue weighted by Crippen LogP contribution is 2.37. The van der Waals surface area contributed by atoms with Crippen molar-refractivity contribution in [3.05, 3.63) is 47.0 Å². The Hall–Kier alpha value is -2.54. The van der Waals surface area contributed by atoms with Gasteiger partial charge in [0, 0.05) is 5.56 Å². The van der Waals surface area contributed by atoms with Crippen LogP contribution in [0.3, 0.4) is 0 Å². The average molecular weight is 400 g/mol. The average Bonchev–Trinajstić information content (AvgIpc) is 2.61. The topological polar surface area (TPSA) is 56.8 Å². The van der Waals surface area contributed by atoms with E-state index in [1.165, 1.54) is 37.4 Å². The van der Waals surface area contributed by atoms with E-state index in [0.29, 0.717) is 18.1 Å². The maximum Gasteiger partial charge on any atom is 0.387 e. The standard InChI is InChI=1S/C19H20ClF2NO4/c1-11(2)10-26-17-13(20)8-12(9-16(17)25-3)18(24)23-14-6-4-5-7-15(14)27-19(21)22/h4-9,11,19H,10H2,1-3H3,(H,23,24). The van der Waals surface area contributed by atoms with Gasteiger partial charge >= 0.3 is 6.61 Å². The van der Waals surface area contributed by atoms with Crippen molar-refractivity contribution in [1.82, 2.24) is 0 Å². The second kappa shape index (κ2) is 9.41. The van der Waals surface area contributed by atoms with E-state index in [1.807, 2.05) is 13.8 Å². The Morgan fingerprint density at radius 2 is 1.89 bits per heavy atom. The molecule has 0 saturated heterocycles. The summed E-state index contributed by atoms with van der Waals surface area (Å²) >= 11 is 6.24. The van der Waals surface area contributed by atoms with E-state index in [1.54, 1.807) is 6.07 Å². The summed E-state index contributed by atoms with van der Waals surface area (Å²) in [6.45, 7) is 1.40. The second-order valence-corrected chi connectivity index (χ2v) is 6.43. The molecule has 146 valence electrons. The molecule has 0 atom stereocenters. The first-order chi connectivity index (χ1) is 12.8. The van der Waals surface area contributed by atoms with Gasteiger partial charge in [-0.25, -0.2) is 0 Å². The van der Waals surface area contributed by atoms with Crippen molar-refractivity contribution in [3.8, 4) is 17.2 Å². The Labute approximate surface area is 161 Å². The summed E-state index contributed by atoms with van der Waals surface area (Å²) in [7, 11) is 1.43. The van der Waals surface area contributed by atoms with E-state index in [9.17, 15) is 13.6 Å². The zero-order valence-electron chi connectivity index (χ0n) is 15.1. The molecule has 8 heteroatoms. The van der Waals surface area contributed by atoms with E-state index in [4.69, 9.17) is 21.1 Å². The monoisotopic (exact) mass is 399 g/mol. The second-order valence-electron chi connectivity index (χ2n) is 6.02. The molecule has 2 rings (SSSR count). The Kier molecular flexibility index (Phi) is 7.24. The number of ether oxygens (including phenoxy) is 3. The van der Waals surface area contributed by atoms with E-state index in [0.717, 1.165) is 0 Å². The molecule has 0 bridgehead atoms. The number of hydrogen-bond donors (Lipinski definition) is 1. The van der Waals surface area contributed by atoms with E-state index < -0.39 is 12.5 Å². The minimum absolute atomic E-state index is 0.109. The van der Waals surface area contributed by atoms with Crippen molar-refractivity contribution in [2.24, 2.45) is 5.92 Å². The van der Waals surface area contributed by atoms with Gasteiger partial charge in [-0.2, -0.15) is 8.78 Å². The molecule has 2 aromatic rings. The third-order valence-corrected chi connectivity index (χ3v) is 3.68. The van der Waals surface area contributed by atoms with Crippen molar-refractivity contribution >= 4 is 23.2 Å². The molecule has 0 aliphatic rings. The number of nitrogens with one attached hydrogen (secondary N) is 1. The van der Waals surface area contributed by atoms with Crippen LogP contribution in [0.15, 0.2) is 36.4 Å². The molecule has 0 spiro atoms. The normalized spacial score (nSPS) is 10.8. The van der Waals surface area contributed by atoms with Crippen LogP contribution in [0.4, 0.5) is 14.5 Å². The summed E-state index contributed by atoms with van der Waals surface area (Å²) in [6.07, 6.45) is 0. The molecule has 0 aromatic heterocycles. The number of rotatable bonds is 8. The van der Waals surface area contributed by atoms with Crippen LogP contribution in [0.1, 0.15) is 24.2 Å². The summed E-state index contributed by atoms with van der Waals surface area (Å²) in [5.74, 6) is 0.211. The minimum Gasteiger partial charge on any atom is -0.493 e. The van der Waals surface area contributed by atoms with Crippen molar-refractivity contribution < 1.29 is 27.8 Å². The van der Waals surface area contributed by atoms with E-state index in [2.05, 4.69) is 10.1 Å². The largest absolute Gasteiger partial charge is 0.493 e. The summed E-state index contributed by atoms with van der Waals surface area (Å²) in [6, 6.07) is 8.78. The molecule has 0 saturated carbocycles. The Morgan fingerprint density at radius 1 is 1.19 bits per heavy atom. The summed E-state index contributed by atoms with van der Waals surface area (Å²) in [5.41, 5.74) is 0.290. The van der Waals surface area contributed by atoms with Gasteiger partial charge in [-0.05, 0) is 30.2 Å². The predicted octanol–water partition coefficient (Wildman–Crippen LogP) is 5.24. The quantitative estimate of drug-likeness (QED) is 0.659. The van der Waals surface area contributed by atoms with Crippen LogP contribution in [0.5, 0.6) is 17.2 Å². The molecular weight excluding hydrogens is 380 g/mol. The number of anilines is 1. The number of amides is 1. The Balaban J connectivity index is 2.26. The SMILES string of the molecule is COc1cc(C(=O)Nc2ccccc2OC(F)F)cc(Cl)c1OCC(C)C. The predicted molar refractivity (Wildman–Crippen MR) is 99.4 cm³/mol. The number of halogens is 3. The highest BCUT2D eigenvalue weighted by Gasteiger charge is 2.18. The van der Waals surface area contributed by atoms with Crippen molar-refractivity contribution in [3.63, 3.8) is 0 Å². The molecular formula is C19H20ClF2NO4. The van der Waals surface area contributed by atoms with Gasteiger partial charge in [-0.3, -0.25) is 4.79 Å². The molecule has 5 nitrogen and oxygen atoms in total. The first-order valence-electron chi connectivity index (χ1n) is 8.17. The van der Waals surface area contributed by atoms with Gasteiger partial charge in [0.2, 0.25) is 0 Å². The number of para-hydroxylation sites is 2. The van der Waals surface area contributed by atoms with Crippen LogP contribution in [-0.4, -0.2) is 26.2 Å². The number of hydrogen-bond acceptors (Lipinski definition) is 4. The summed E-state index contributed by atoms with van der Waals surface area (Å²) in [4.78, 5) is 12.5. The van der Waals surface area contributed by atoms with E-state index >= 15 is 0 Å². The molecule has 0 fully saturated rings. The van der Waals surface area contributed by atoms with Crippen LogP contribution in [0.2, 0.25) is 5.02 Å². The van der Waals surface area contributed by atoms with E-state index in [-0.39, 0.29) is 27.9 Å². The maximum absolute atomic E-state index is 12.5. The molecule has 2 aromatic carbocycles. The van der Waals surface area contributed by atoms with Crippen LogP contribution in [0.25, 0.3) is 0 Å². The van der Waals surface area contributed by atoms with Gasteiger partial charge in [-0.1, -0.05) is 37.6 Å². The zero-order chi connectivity index (χ0) is 20.0. The lowest BCUT2D eigenvalue weighted by Gasteiger charge is -2.16. The Morgan fingerprint density at radius 3 is 2.52 bits per heavy atom. The lowest BCUT2D eigenvalue weighted by Crippen LogP contribution is -2.14. The fourth-order valence-electron chi connectivity index (χ4n) is 2.20. The van der Waals surface area contributed by atoms with Crippen molar-refractivity contribution in [1.29, 1.82) is 0 Å². The number of methoxy groups -OCH3 is 1. The first-order valence-corrected chi connectivity index (χ1v) is 8.55. The molecule has 1 amide bonds. The van der Waals surface area contributed by atoms with Crippen LogP contribution >= 0.6 is 11.6 Å². The van der Waals surface area contributed by atoms with Gasteiger partial charge in [0.1, 0.15) is 5.75 Å². The molecule has 0 heterocycles. The van der Waals surface area contributed by atoms with Crippen LogP contribution < -0.4 is 19.5 Å². The summed E-state index contributed by atoms with van der Waals surface area (Å²) < 4.78 is 40.3. The number of alkyl halides is 2. The van der Waals surface area contributed by atoms with Crippen LogP contribution in [-0.2, 0) is 0 Å². The molecule has 0 aliphatic carbocycles. The third kappa shape index (κ3) is 5.72. The highest BCUT2D eigenvalue weighted by molar-refractivity contribution is 6.32. The van der Waals surface area contributed by atoms with Crippen molar-refractivity contribution in [2.75, 3.05) is 19.0 Å². The van der Waals surface area contributed by atoms with Gasteiger partial charge in [-0.15, -0.1) is 0 Å². The fraction of sp³-hybridized carbons (Fsp3) is 0.316. The van der Waals surface area contributed by atoms with Gasteiger partial charge in [0.05, 0.1) is 24.4 Å². The number of carbonyl (C=O) groups excluding carboxylic acids is 1. The lowest BCUT2D eigenvalue weighted by molar-refractivity contribution is -0.0493. The van der Waals surface area contributed by atoms with Crippen molar-refractivity contribution in [2.45, 2.75) is 20.5 Å². The van der Waals surface area contributed by atoms with Gasteiger partial charge in [0.25, 0.3) is 5.91 Å². The minimum atomic E-state index is -3.00. The smallest absolute Gasteiger partial charge is 0.387 e. The number of benzene rings is 2. The summed E-state index contributed by atoms with van der Waals surface area (Å²) in [5, 5.41) is 2.73.